The monoisotopic (exact) mass is 291 g/mol. The number of nitrogens with two attached hydrogens (primary N) is 1. The zero-order chi connectivity index (χ0) is 15.2. The number of aliphatic hydroxyl groups is 1. The Bertz CT molecular complexity index is 490. The van der Waals surface area contributed by atoms with Crippen LogP contribution in [0.25, 0.3) is 0 Å². The highest BCUT2D eigenvalue weighted by atomic mass is 16.5. The van der Waals surface area contributed by atoms with Crippen molar-refractivity contribution >= 4 is 5.84 Å². The normalized spacial score (nSPS) is 18.9. The van der Waals surface area contributed by atoms with E-state index in [1.165, 1.54) is 12.8 Å². The van der Waals surface area contributed by atoms with Gasteiger partial charge >= 0.3 is 0 Å². The molecule has 0 aliphatic carbocycles. The molecule has 1 aromatic rings. The Hall–Kier alpha value is -1.59. The summed E-state index contributed by atoms with van der Waals surface area (Å²) in [6, 6.07) is 6.17. The first kappa shape index (κ1) is 15.8. The van der Waals surface area contributed by atoms with Crippen LogP contribution in [-0.2, 0) is 6.54 Å². The first-order valence-corrected chi connectivity index (χ1v) is 7.52. The van der Waals surface area contributed by atoms with Gasteiger partial charge in [-0.3, -0.25) is 10.3 Å². The van der Waals surface area contributed by atoms with Gasteiger partial charge in [0, 0.05) is 30.3 Å². The van der Waals surface area contributed by atoms with Crippen molar-refractivity contribution in [3.8, 4) is 5.75 Å². The van der Waals surface area contributed by atoms with Crippen LogP contribution in [0.1, 0.15) is 36.8 Å². The zero-order valence-corrected chi connectivity index (χ0v) is 12.6. The molecule has 2 rings (SSSR count). The van der Waals surface area contributed by atoms with Gasteiger partial charge in [0.15, 0.2) is 0 Å². The van der Waals surface area contributed by atoms with Crippen molar-refractivity contribution in [2.45, 2.75) is 38.3 Å². The second-order valence-corrected chi connectivity index (χ2v) is 5.57. The molecule has 1 atom stereocenters. The minimum atomic E-state index is 0.0807. The highest BCUT2D eigenvalue weighted by Crippen LogP contribution is 2.27. The number of amidine groups is 1. The van der Waals surface area contributed by atoms with Gasteiger partial charge < -0.3 is 15.6 Å². The number of aliphatic hydroxyl groups excluding tert-OH is 1. The van der Waals surface area contributed by atoms with E-state index < -0.39 is 0 Å². The summed E-state index contributed by atoms with van der Waals surface area (Å²) in [5.74, 6) is 0.921. The molecule has 5 heteroatoms. The van der Waals surface area contributed by atoms with Crippen LogP contribution >= 0.6 is 0 Å². The maximum Gasteiger partial charge on any atom is 0.123 e. The van der Waals surface area contributed by atoms with E-state index in [0.29, 0.717) is 6.04 Å². The lowest BCUT2D eigenvalue weighted by Gasteiger charge is -2.25. The van der Waals surface area contributed by atoms with Crippen molar-refractivity contribution in [3.63, 3.8) is 0 Å². The molecule has 5 nitrogen and oxygen atoms in total. The average molecular weight is 291 g/mol. The quantitative estimate of drug-likeness (QED) is 0.527. The number of benzene rings is 1. The molecule has 0 saturated carbocycles. The first-order chi connectivity index (χ1) is 10.2. The topological polar surface area (TPSA) is 82.6 Å². The summed E-state index contributed by atoms with van der Waals surface area (Å²) in [6.07, 6.45) is 4.27. The number of hydrogen-bond acceptors (Lipinski definition) is 4. The maximum atomic E-state index is 9.01. The fourth-order valence-electron chi connectivity index (χ4n) is 3.05. The van der Waals surface area contributed by atoms with Crippen molar-refractivity contribution in [1.29, 1.82) is 5.41 Å². The lowest BCUT2D eigenvalue weighted by molar-refractivity contribution is 0.208. The number of nitrogens with zero attached hydrogens (tertiary/aromatic N) is 1. The number of ether oxygens (including phenoxy) is 1. The molecule has 1 saturated heterocycles. The second kappa shape index (κ2) is 7.43. The molecule has 4 N–H and O–H groups in total. The van der Waals surface area contributed by atoms with Gasteiger partial charge in [-0.2, -0.15) is 0 Å². The van der Waals surface area contributed by atoms with E-state index >= 15 is 0 Å². The van der Waals surface area contributed by atoms with Gasteiger partial charge in [0.05, 0.1) is 7.11 Å². The summed E-state index contributed by atoms with van der Waals surface area (Å²) in [5.41, 5.74) is 7.38. The number of nitrogens with one attached hydrogen (secondary N) is 1. The van der Waals surface area contributed by atoms with Gasteiger partial charge in [-0.05, 0) is 50.4 Å². The van der Waals surface area contributed by atoms with E-state index in [0.717, 1.165) is 42.8 Å². The standard InChI is InChI=1S/C16H25N3O2/c1-21-15-7-6-12(16(17)18)10-13(15)11-19-8-2-4-14(19)5-3-9-20/h6-7,10,14,20H,2-5,8-9,11H2,1H3,(H3,17,18). The van der Waals surface area contributed by atoms with Gasteiger partial charge in [-0.25, -0.2) is 0 Å². The van der Waals surface area contributed by atoms with E-state index in [4.69, 9.17) is 21.0 Å². The molecular formula is C16H25N3O2. The Labute approximate surface area is 126 Å². The summed E-state index contributed by atoms with van der Waals surface area (Å²) < 4.78 is 5.43. The second-order valence-electron chi connectivity index (χ2n) is 5.57. The third-order valence-corrected chi connectivity index (χ3v) is 4.16. The summed E-state index contributed by atoms with van der Waals surface area (Å²) in [4.78, 5) is 2.44. The average Bonchev–Trinajstić information content (AvgIpc) is 2.92. The Balaban J connectivity index is 2.13. The molecule has 0 radical (unpaired) electrons. The minimum absolute atomic E-state index is 0.0807. The molecule has 1 heterocycles. The zero-order valence-electron chi connectivity index (χ0n) is 12.6. The van der Waals surface area contributed by atoms with Crippen molar-refractivity contribution < 1.29 is 9.84 Å². The van der Waals surface area contributed by atoms with Crippen molar-refractivity contribution in [2.75, 3.05) is 20.3 Å². The number of hydrogen-bond donors (Lipinski definition) is 3. The Kier molecular flexibility index (Phi) is 5.59. The van der Waals surface area contributed by atoms with E-state index in [1.54, 1.807) is 7.11 Å². The highest BCUT2D eigenvalue weighted by molar-refractivity contribution is 5.95. The fraction of sp³-hybridized carbons (Fsp3) is 0.562. The molecule has 1 aliphatic heterocycles. The lowest BCUT2D eigenvalue weighted by Crippen LogP contribution is -2.29. The van der Waals surface area contributed by atoms with Crippen LogP contribution in [0, 0.1) is 5.41 Å². The molecule has 1 aromatic carbocycles. The van der Waals surface area contributed by atoms with Crippen molar-refractivity contribution in [3.05, 3.63) is 29.3 Å². The van der Waals surface area contributed by atoms with Crippen LogP contribution in [0.5, 0.6) is 5.75 Å². The van der Waals surface area contributed by atoms with Crippen LogP contribution in [0.15, 0.2) is 18.2 Å². The molecular weight excluding hydrogens is 266 g/mol. The third kappa shape index (κ3) is 3.95. The van der Waals surface area contributed by atoms with Crippen molar-refractivity contribution in [2.24, 2.45) is 5.73 Å². The van der Waals surface area contributed by atoms with Crippen LogP contribution in [0.2, 0.25) is 0 Å². The van der Waals surface area contributed by atoms with E-state index in [2.05, 4.69) is 4.90 Å². The molecule has 0 spiro atoms. The van der Waals surface area contributed by atoms with E-state index in [1.807, 2.05) is 18.2 Å². The molecule has 21 heavy (non-hydrogen) atoms. The van der Waals surface area contributed by atoms with Gasteiger partial charge in [-0.1, -0.05) is 0 Å². The summed E-state index contributed by atoms with van der Waals surface area (Å²) >= 11 is 0. The summed E-state index contributed by atoms with van der Waals surface area (Å²) in [6.45, 7) is 2.14. The Morgan fingerprint density at radius 1 is 1.52 bits per heavy atom. The third-order valence-electron chi connectivity index (χ3n) is 4.16. The lowest BCUT2D eigenvalue weighted by atomic mass is 10.1. The molecule has 1 aliphatic rings. The molecule has 1 unspecified atom stereocenters. The Morgan fingerprint density at radius 3 is 3.00 bits per heavy atom. The summed E-state index contributed by atoms with van der Waals surface area (Å²) in [7, 11) is 1.67. The maximum absolute atomic E-state index is 9.01. The first-order valence-electron chi connectivity index (χ1n) is 7.52. The molecule has 116 valence electrons. The van der Waals surface area contributed by atoms with Gasteiger partial charge in [0.2, 0.25) is 0 Å². The minimum Gasteiger partial charge on any atom is -0.496 e. The number of likely N-dealkylation sites (tertiary alicyclic amines) is 1. The van der Waals surface area contributed by atoms with Crippen LogP contribution in [0.3, 0.4) is 0 Å². The number of nitrogen functional groups attached to an aromatic ring is 1. The number of rotatable bonds is 7. The predicted octanol–water partition coefficient (Wildman–Crippen LogP) is 1.72. The van der Waals surface area contributed by atoms with Crippen molar-refractivity contribution in [1.82, 2.24) is 4.90 Å². The van der Waals surface area contributed by atoms with Crippen LogP contribution in [-0.4, -0.2) is 42.1 Å². The smallest absolute Gasteiger partial charge is 0.123 e. The number of methoxy groups -OCH3 is 1. The van der Waals surface area contributed by atoms with Gasteiger partial charge in [0.25, 0.3) is 0 Å². The SMILES string of the molecule is COc1ccc(C(=N)N)cc1CN1CCCC1CCCO. The Morgan fingerprint density at radius 2 is 2.33 bits per heavy atom. The van der Waals surface area contributed by atoms with Crippen LogP contribution in [0.4, 0.5) is 0 Å². The van der Waals surface area contributed by atoms with Gasteiger partial charge in [-0.15, -0.1) is 0 Å². The largest absolute Gasteiger partial charge is 0.496 e. The molecule has 0 amide bonds. The molecule has 0 aromatic heterocycles. The van der Waals surface area contributed by atoms with E-state index in [-0.39, 0.29) is 12.4 Å². The molecule has 1 fully saturated rings. The van der Waals surface area contributed by atoms with Gasteiger partial charge in [0.1, 0.15) is 11.6 Å². The fourth-order valence-corrected chi connectivity index (χ4v) is 3.05. The predicted molar refractivity (Wildman–Crippen MR) is 83.8 cm³/mol. The summed E-state index contributed by atoms with van der Waals surface area (Å²) in [5, 5.41) is 16.6. The van der Waals surface area contributed by atoms with E-state index in [9.17, 15) is 0 Å². The molecule has 0 bridgehead atoms. The highest BCUT2D eigenvalue weighted by Gasteiger charge is 2.24. The van der Waals surface area contributed by atoms with Crippen LogP contribution < -0.4 is 10.5 Å².